The summed E-state index contributed by atoms with van der Waals surface area (Å²) >= 11 is 3.36. The van der Waals surface area contributed by atoms with Crippen molar-refractivity contribution >= 4 is 32.7 Å². The molecule has 0 radical (unpaired) electrons. The van der Waals surface area contributed by atoms with E-state index in [1.165, 1.54) is 0 Å². The van der Waals surface area contributed by atoms with Gasteiger partial charge < -0.3 is 9.84 Å². The van der Waals surface area contributed by atoms with Crippen LogP contribution in [-0.4, -0.2) is 25.3 Å². The number of ether oxygens (including phenoxy) is 1. The lowest BCUT2D eigenvalue weighted by Crippen LogP contribution is -1.94. The summed E-state index contributed by atoms with van der Waals surface area (Å²) in [7, 11) is 3.25. The normalized spacial score (nSPS) is 9.59. The number of benzene rings is 2. The Kier molecular flexibility index (Phi) is 5.12. The van der Waals surface area contributed by atoms with Gasteiger partial charge in [-0.05, 0) is 35.0 Å². The number of fused-ring (bicyclic) bond motifs is 1. The fourth-order valence-electron chi connectivity index (χ4n) is 1.35. The number of halogens is 1. The van der Waals surface area contributed by atoms with Crippen LogP contribution in [0.5, 0.6) is 0 Å². The van der Waals surface area contributed by atoms with Crippen LogP contribution in [0, 0.1) is 0 Å². The lowest BCUT2D eigenvalue weighted by Gasteiger charge is -2.00. The SMILES string of the molecule is COC.O=C(O)c1ccc2cc(Br)ccc2c1. The number of hydrogen-bond donors (Lipinski definition) is 1. The molecule has 17 heavy (non-hydrogen) atoms. The molecule has 0 spiro atoms. The van der Waals surface area contributed by atoms with Gasteiger partial charge in [-0.2, -0.15) is 0 Å². The summed E-state index contributed by atoms with van der Waals surface area (Å²) in [6, 6.07) is 10.8. The van der Waals surface area contributed by atoms with Gasteiger partial charge in [-0.15, -0.1) is 0 Å². The molecule has 2 aromatic rings. The van der Waals surface area contributed by atoms with Gasteiger partial charge in [0.25, 0.3) is 0 Å². The summed E-state index contributed by atoms with van der Waals surface area (Å²) < 4.78 is 5.24. The molecule has 0 unspecified atom stereocenters. The van der Waals surface area contributed by atoms with E-state index in [0.29, 0.717) is 5.56 Å². The number of methoxy groups -OCH3 is 1. The van der Waals surface area contributed by atoms with E-state index in [1.54, 1.807) is 26.4 Å². The maximum Gasteiger partial charge on any atom is 0.335 e. The van der Waals surface area contributed by atoms with Gasteiger partial charge >= 0.3 is 5.97 Å². The van der Waals surface area contributed by atoms with Crippen LogP contribution in [0.4, 0.5) is 0 Å². The van der Waals surface area contributed by atoms with Crippen molar-refractivity contribution in [1.82, 2.24) is 0 Å². The molecule has 0 aromatic heterocycles. The Hall–Kier alpha value is -1.39. The third-order valence-corrected chi connectivity index (χ3v) is 2.54. The molecule has 0 saturated carbocycles. The zero-order valence-corrected chi connectivity index (χ0v) is 11.2. The van der Waals surface area contributed by atoms with Crippen LogP contribution >= 0.6 is 15.9 Å². The van der Waals surface area contributed by atoms with Gasteiger partial charge in [0, 0.05) is 18.7 Å². The zero-order chi connectivity index (χ0) is 12.8. The van der Waals surface area contributed by atoms with Crippen molar-refractivity contribution in [3.8, 4) is 0 Å². The lowest BCUT2D eigenvalue weighted by molar-refractivity contribution is 0.0697. The predicted molar refractivity (Wildman–Crippen MR) is 71.5 cm³/mol. The summed E-state index contributed by atoms with van der Waals surface area (Å²) in [5.74, 6) is -0.894. The van der Waals surface area contributed by atoms with Gasteiger partial charge in [-0.3, -0.25) is 0 Å². The van der Waals surface area contributed by atoms with E-state index < -0.39 is 5.97 Å². The fraction of sp³-hybridized carbons (Fsp3) is 0.154. The Morgan fingerprint density at radius 2 is 1.65 bits per heavy atom. The molecule has 3 nitrogen and oxygen atoms in total. The van der Waals surface area contributed by atoms with Crippen LogP contribution in [0.3, 0.4) is 0 Å². The largest absolute Gasteiger partial charge is 0.478 e. The Morgan fingerprint density at radius 1 is 1.12 bits per heavy atom. The van der Waals surface area contributed by atoms with Crippen LogP contribution < -0.4 is 0 Å². The molecular weight excluding hydrogens is 284 g/mol. The van der Waals surface area contributed by atoms with Gasteiger partial charge in [0.1, 0.15) is 0 Å². The van der Waals surface area contributed by atoms with E-state index >= 15 is 0 Å². The molecular formula is C13H13BrO3. The minimum Gasteiger partial charge on any atom is -0.478 e. The minimum absolute atomic E-state index is 0.319. The average Bonchev–Trinajstić information content (AvgIpc) is 2.29. The maximum atomic E-state index is 10.7. The first-order chi connectivity index (χ1) is 8.08. The molecule has 0 aliphatic rings. The second-order valence-corrected chi connectivity index (χ2v) is 4.34. The van der Waals surface area contributed by atoms with Crippen molar-refractivity contribution in [2.45, 2.75) is 0 Å². The Labute approximate surface area is 108 Å². The van der Waals surface area contributed by atoms with E-state index in [0.717, 1.165) is 15.2 Å². The standard InChI is InChI=1S/C11H7BrO2.C2H6O/c12-10-4-3-7-5-9(11(13)14)2-1-8(7)6-10;1-3-2/h1-6H,(H,13,14);1-2H3. The van der Waals surface area contributed by atoms with Gasteiger partial charge in [-0.25, -0.2) is 4.79 Å². The van der Waals surface area contributed by atoms with Gasteiger partial charge in [0.15, 0.2) is 0 Å². The third-order valence-electron chi connectivity index (χ3n) is 2.05. The summed E-state index contributed by atoms with van der Waals surface area (Å²) in [5, 5.41) is 10.8. The zero-order valence-electron chi connectivity index (χ0n) is 9.61. The molecule has 0 atom stereocenters. The average molecular weight is 297 g/mol. The monoisotopic (exact) mass is 296 g/mol. The van der Waals surface area contributed by atoms with Crippen molar-refractivity contribution < 1.29 is 14.6 Å². The molecule has 1 N–H and O–H groups in total. The Balaban J connectivity index is 0.000000437. The fourth-order valence-corrected chi connectivity index (χ4v) is 1.73. The highest BCUT2D eigenvalue weighted by atomic mass is 79.9. The molecule has 2 aromatic carbocycles. The second-order valence-electron chi connectivity index (χ2n) is 3.42. The van der Waals surface area contributed by atoms with Crippen molar-refractivity contribution in [2.75, 3.05) is 14.2 Å². The van der Waals surface area contributed by atoms with E-state index in [1.807, 2.05) is 24.3 Å². The van der Waals surface area contributed by atoms with E-state index in [9.17, 15) is 4.79 Å². The van der Waals surface area contributed by atoms with Crippen LogP contribution in [0.15, 0.2) is 40.9 Å². The highest BCUT2D eigenvalue weighted by molar-refractivity contribution is 9.10. The molecule has 0 saturated heterocycles. The molecule has 0 bridgehead atoms. The van der Waals surface area contributed by atoms with Crippen molar-refractivity contribution in [2.24, 2.45) is 0 Å². The van der Waals surface area contributed by atoms with Crippen molar-refractivity contribution in [3.05, 3.63) is 46.4 Å². The number of aromatic carboxylic acids is 1. The first kappa shape index (κ1) is 13.7. The number of carboxylic acids is 1. The molecule has 0 aliphatic heterocycles. The van der Waals surface area contributed by atoms with E-state index in [2.05, 4.69) is 20.7 Å². The quantitative estimate of drug-likeness (QED) is 0.875. The summed E-state index contributed by atoms with van der Waals surface area (Å²) in [4.78, 5) is 10.7. The third kappa shape index (κ3) is 3.84. The first-order valence-electron chi connectivity index (χ1n) is 4.91. The van der Waals surface area contributed by atoms with Crippen LogP contribution in [0.25, 0.3) is 10.8 Å². The van der Waals surface area contributed by atoms with Crippen LogP contribution in [-0.2, 0) is 4.74 Å². The first-order valence-corrected chi connectivity index (χ1v) is 5.70. The maximum absolute atomic E-state index is 10.7. The van der Waals surface area contributed by atoms with Crippen molar-refractivity contribution in [1.29, 1.82) is 0 Å². The molecule has 90 valence electrons. The molecule has 0 amide bonds. The number of carbonyl (C=O) groups is 1. The Morgan fingerprint density at radius 3 is 2.24 bits per heavy atom. The van der Waals surface area contributed by atoms with E-state index in [4.69, 9.17) is 5.11 Å². The number of hydrogen-bond acceptors (Lipinski definition) is 2. The van der Waals surface area contributed by atoms with Gasteiger partial charge in [0.2, 0.25) is 0 Å². The summed E-state index contributed by atoms with van der Waals surface area (Å²) in [6.07, 6.45) is 0. The topological polar surface area (TPSA) is 46.5 Å². The molecule has 0 aliphatic carbocycles. The summed E-state index contributed by atoms with van der Waals surface area (Å²) in [5.41, 5.74) is 0.319. The predicted octanol–water partition coefficient (Wildman–Crippen LogP) is 3.56. The van der Waals surface area contributed by atoms with Gasteiger partial charge in [0.05, 0.1) is 5.56 Å². The molecule has 0 fully saturated rings. The number of rotatable bonds is 1. The molecule has 4 heteroatoms. The lowest BCUT2D eigenvalue weighted by atomic mass is 10.1. The van der Waals surface area contributed by atoms with Crippen molar-refractivity contribution in [3.63, 3.8) is 0 Å². The van der Waals surface area contributed by atoms with Crippen LogP contribution in [0.2, 0.25) is 0 Å². The number of carboxylic acid groups (broad SMARTS) is 1. The van der Waals surface area contributed by atoms with Gasteiger partial charge in [-0.1, -0.05) is 28.1 Å². The highest BCUT2D eigenvalue weighted by Gasteiger charge is 2.03. The summed E-state index contributed by atoms with van der Waals surface area (Å²) in [6.45, 7) is 0. The van der Waals surface area contributed by atoms with Crippen LogP contribution in [0.1, 0.15) is 10.4 Å². The van der Waals surface area contributed by atoms with E-state index in [-0.39, 0.29) is 0 Å². The molecule has 0 heterocycles. The molecule has 2 rings (SSSR count). The highest BCUT2D eigenvalue weighted by Crippen LogP contribution is 2.20. The smallest absolute Gasteiger partial charge is 0.335 e. The Bertz CT molecular complexity index is 523. The second kappa shape index (κ2) is 6.37. The minimum atomic E-state index is -0.894.